The number of benzene rings is 1. The molecule has 19 heavy (non-hydrogen) atoms. The van der Waals surface area contributed by atoms with Crippen LogP contribution < -0.4 is 0 Å². The van der Waals surface area contributed by atoms with Crippen LogP contribution in [0.2, 0.25) is 0 Å². The molecular formula is C15H20ClFN2. The number of hydrogen-bond acceptors (Lipinski definition) is 2. The fourth-order valence-corrected chi connectivity index (χ4v) is 2.72. The zero-order valence-electron chi connectivity index (χ0n) is 11.2. The summed E-state index contributed by atoms with van der Waals surface area (Å²) in [5, 5.41) is 9.04. The van der Waals surface area contributed by atoms with Crippen molar-refractivity contribution in [2.45, 2.75) is 44.7 Å². The van der Waals surface area contributed by atoms with Gasteiger partial charge < -0.3 is 0 Å². The van der Waals surface area contributed by atoms with Gasteiger partial charge in [-0.1, -0.05) is 19.3 Å². The van der Waals surface area contributed by atoms with Crippen molar-refractivity contribution in [3.05, 3.63) is 35.1 Å². The second-order valence-electron chi connectivity index (χ2n) is 5.12. The number of hydrogen-bond donors (Lipinski definition) is 0. The summed E-state index contributed by atoms with van der Waals surface area (Å²) in [5.74, 6) is -0.263. The van der Waals surface area contributed by atoms with Gasteiger partial charge in [-0.2, -0.15) is 5.26 Å². The number of halogens is 2. The third-order valence-corrected chi connectivity index (χ3v) is 3.81. The van der Waals surface area contributed by atoms with Crippen molar-refractivity contribution in [1.29, 1.82) is 5.26 Å². The van der Waals surface area contributed by atoms with Crippen LogP contribution in [0.1, 0.15) is 43.2 Å². The number of rotatable bonds is 3. The number of nitrogens with zero attached hydrogens (tertiary/aromatic N) is 2. The molecule has 0 saturated heterocycles. The third kappa shape index (κ3) is 4.19. The predicted octanol–water partition coefficient (Wildman–Crippen LogP) is 3.88. The number of nitriles is 1. The molecule has 1 aliphatic carbocycles. The van der Waals surface area contributed by atoms with Crippen molar-refractivity contribution in [1.82, 2.24) is 4.90 Å². The van der Waals surface area contributed by atoms with E-state index in [4.69, 9.17) is 5.26 Å². The molecule has 1 saturated carbocycles. The molecule has 0 radical (unpaired) electrons. The normalized spacial score (nSPS) is 15.9. The summed E-state index contributed by atoms with van der Waals surface area (Å²) in [6.07, 6.45) is 6.32. The minimum atomic E-state index is -0.263. The molecule has 1 aromatic rings. The van der Waals surface area contributed by atoms with Crippen molar-refractivity contribution in [2.75, 3.05) is 7.05 Å². The van der Waals surface area contributed by atoms with Gasteiger partial charge in [-0.15, -0.1) is 12.4 Å². The van der Waals surface area contributed by atoms with E-state index < -0.39 is 0 Å². The lowest BCUT2D eigenvalue weighted by Crippen LogP contribution is -2.33. The minimum Gasteiger partial charge on any atom is -0.299 e. The van der Waals surface area contributed by atoms with E-state index in [1.807, 2.05) is 0 Å². The van der Waals surface area contributed by atoms with E-state index >= 15 is 0 Å². The van der Waals surface area contributed by atoms with Gasteiger partial charge in [0, 0.05) is 12.6 Å². The highest BCUT2D eigenvalue weighted by atomic mass is 35.5. The van der Waals surface area contributed by atoms with E-state index in [0.717, 1.165) is 5.56 Å². The first kappa shape index (κ1) is 15.9. The lowest BCUT2D eigenvalue weighted by molar-refractivity contribution is 0.184. The molecule has 1 aliphatic rings. The molecule has 0 unspecified atom stereocenters. The highest BCUT2D eigenvalue weighted by molar-refractivity contribution is 5.85. The Morgan fingerprint density at radius 1 is 1.32 bits per heavy atom. The van der Waals surface area contributed by atoms with E-state index in [2.05, 4.69) is 18.0 Å². The molecule has 0 bridgehead atoms. The van der Waals surface area contributed by atoms with Gasteiger partial charge >= 0.3 is 0 Å². The maximum atomic E-state index is 13.2. The Balaban J connectivity index is 0.00000180. The molecule has 0 atom stereocenters. The van der Waals surface area contributed by atoms with Crippen LogP contribution in [0.4, 0.5) is 4.39 Å². The Morgan fingerprint density at radius 3 is 2.63 bits per heavy atom. The first-order valence-corrected chi connectivity index (χ1v) is 6.59. The van der Waals surface area contributed by atoms with Crippen LogP contribution in [0.25, 0.3) is 0 Å². The Morgan fingerprint density at radius 2 is 2.00 bits per heavy atom. The van der Waals surface area contributed by atoms with E-state index in [-0.39, 0.29) is 18.2 Å². The van der Waals surface area contributed by atoms with Gasteiger partial charge in [-0.25, -0.2) is 4.39 Å². The van der Waals surface area contributed by atoms with Crippen LogP contribution in [0.15, 0.2) is 18.2 Å². The molecule has 0 aliphatic heterocycles. The SMILES string of the molecule is CN(Cc1cc(F)ccc1C#N)C1CCCCC1.Cl. The summed E-state index contributed by atoms with van der Waals surface area (Å²) in [6.45, 7) is 0.658. The minimum absolute atomic E-state index is 0. The average Bonchev–Trinajstić information content (AvgIpc) is 2.40. The van der Waals surface area contributed by atoms with Gasteiger partial charge in [0.05, 0.1) is 11.6 Å². The summed E-state index contributed by atoms with van der Waals surface area (Å²) in [7, 11) is 2.07. The molecule has 0 amide bonds. The Bertz CT molecular complexity index is 450. The van der Waals surface area contributed by atoms with Crippen LogP contribution >= 0.6 is 12.4 Å². The van der Waals surface area contributed by atoms with Gasteiger partial charge in [0.2, 0.25) is 0 Å². The van der Waals surface area contributed by atoms with Crippen molar-refractivity contribution in [2.24, 2.45) is 0 Å². The second-order valence-corrected chi connectivity index (χ2v) is 5.12. The van der Waals surface area contributed by atoms with Gasteiger partial charge in [-0.3, -0.25) is 4.90 Å². The molecule has 4 heteroatoms. The summed E-state index contributed by atoms with van der Waals surface area (Å²) >= 11 is 0. The fraction of sp³-hybridized carbons (Fsp3) is 0.533. The summed E-state index contributed by atoms with van der Waals surface area (Å²) in [4.78, 5) is 2.26. The molecule has 0 spiro atoms. The lowest BCUT2D eigenvalue weighted by Gasteiger charge is -2.31. The van der Waals surface area contributed by atoms with Crippen LogP contribution in [-0.2, 0) is 6.54 Å². The predicted molar refractivity (Wildman–Crippen MR) is 76.7 cm³/mol. The molecule has 0 N–H and O–H groups in total. The monoisotopic (exact) mass is 282 g/mol. The molecule has 2 rings (SSSR count). The maximum absolute atomic E-state index is 13.2. The standard InChI is InChI=1S/C15H19FN2.ClH/c1-18(15-5-3-2-4-6-15)11-13-9-14(16)8-7-12(13)10-17;/h7-9,15H,2-6,11H2,1H3;1H. The van der Waals surface area contributed by atoms with Crippen molar-refractivity contribution in [3.63, 3.8) is 0 Å². The summed E-state index contributed by atoms with van der Waals surface area (Å²) in [5.41, 5.74) is 1.38. The molecule has 1 aromatic carbocycles. The molecule has 104 valence electrons. The van der Waals surface area contributed by atoms with Gasteiger partial charge in [0.1, 0.15) is 5.82 Å². The molecular weight excluding hydrogens is 263 g/mol. The molecule has 1 fully saturated rings. The van der Waals surface area contributed by atoms with E-state index in [0.29, 0.717) is 18.2 Å². The average molecular weight is 283 g/mol. The second kappa shape index (κ2) is 7.47. The Kier molecular flexibility index (Phi) is 6.27. The van der Waals surface area contributed by atoms with Crippen molar-refractivity contribution >= 4 is 12.4 Å². The van der Waals surface area contributed by atoms with Crippen LogP contribution in [0.5, 0.6) is 0 Å². The molecule has 0 heterocycles. The van der Waals surface area contributed by atoms with Gasteiger partial charge in [0.25, 0.3) is 0 Å². The first-order valence-electron chi connectivity index (χ1n) is 6.59. The van der Waals surface area contributed by atoms with Crippen molar-refractivity contribution < 1.29 is 4.39 Å². The summed E-state index contributed by atoms with van der Waals surface area (Å²) < 4.78 is 13.2. The van der Waals surface area contributed by atoms with Crippen LogP contribution in [0.3, 0.4) is 0 Å². The van der Waals surface area contributed by atoms with E-state index in [1.165, 1.54) is 44.2 Å². The van der Waals surface area contributed by atoms with E-state index in [1.54, 1.807) is 6.07 Å². The summed E-state index contributed by atoms with van der Waals surface area (Å²) in [6, 6.07) is 7.12. The largest absolute Gasteiger partial charge is 0.299 e. The zero-order chi connectivity index (χ0) is 13.0. The van der Waals surface area contributed by atoms with Crippen LogP contribution in [0, 0.1) is 17.1 Å². The highest BCUT2D eigenvalue weighted by Crippen LogP contribution is 2.23. The van der Waals surface area contributed by atoms with Crippen LogP contribution in [-0.4, -0.2) is 18.0 Å². The molecule has 0 aromatic heterocycles. The Hall–Kier alpha value is -1.11. The Labute approximate surface area is 120 Å². The zero-order valence-corrected chi connectivity index (χ0v) is 12.0. The van der Waals surface area contributed by atoms with Crippen molar-refractivity contribution in [3.8, 4) is 6.07 Å². The van der Waals surface area contributed by atoms with Gasteiger partial charge in [0.15, 0.2) is 0 Å². The molecule has 2 nitrogen and oxygen atoms in total. The highest BCUT2D eigenvalue weighted by Gasteiger charge is 2.19. The topological polar surface area (TPSA) is 27.0 Å². The smallest absolute Gasteiger partial charge is 0.123 e. The third-order valence-electron chi connectivity index (χ3n) is 3.81. The quantitative estimate of drug-likeness (QED) is 0.841. The lowest BCUT2D eigenvalue weighted by atomic mass is 9.94. The maximum Gasteiger partial charge on any atom is 0.123 e. The first-order chi connectivity index (χ1) is 8.70. The van der Waals surface area contributed by atoms with E-state index in [9.17, 15) is 4.39 Å². The van der Waals surface area contributed by atoms with Gasteiger partial charge in [-0.05, 0) is 43.7 Å². The fourth-order valence-electron chi connectivity index (χ4n) is 2.72.